The summed E-state index contributed by atoms with van der Waals surface area (Å²) < 4.78 is 0. The largest absolute Gasteiger partial charge is 0.336 e. The van der Waals surface area contributed by atoms with E-state index in [4.69, 9.17) is 0 Å². The third-order valence-corrected chi connectivity index (χ3v) is 1.77. The molecule has 0 N–H and O–H groups in total. The Morgan fingerprint density at radius 2 is 2.11 bits per heavy atom. The zero-order valence-electron chi connectivity index (χ0n) is 5.55. The number of carbonyl (C=O) groups excluding carboxylic acids is 2. The molecule has 1 saturated heterocycles. The third-order valence-electron chi connectivity index (χ3n) is 1.77. The zero-order valence-corrected chi connectivity index (χ0v) is 5.55. The number of ketones is 1. The van der Waals surface area contributed by atoms with Crippen LogP contribution in [0, 0.1) is 0 Å². The molecule has 50 valence electrons. The van der Waals surface area contributed by atoms with Crippen molar-refractivity contribution in [2.75, 3.05) is 7.05 Å². The van der Waals surface area contributed by atoms with E-state index in [0.29, 0.717) is 0 Å². The molecule has 3 heteroatoms. The molecule has 0 bridgehead atoms. The average Bonchev–Trinajstić information content (AvgIpc) is 1.98. The highest BCUT2D eigenvalue weighted by Crippen LogP contribution is 2.10. The Balaban J connectivity index is 2.77. The third kappa shape index (κ3) is 0.823. The van der Waals surface area contributed by atoms with Crippen LogP contribution >= 0.6 is 0 Å². The lowest BCUT2D eigenvalue weighted by Crippen LogP contribution is -2.28. The molecule has 0 aromatic carbocycles. The van der Waals surface area contributed by atoms with Crippen LogP contribution in [0.3, 0.4) is 0 Å². The number of carbonyl (C=O) groups is 2. The highest BCUT2D eigenvalue weighted by atomic mass is 16.2. The molecule has 0 radical (unpaired) electrons. The summed E-state index contributed by atoms with van der Waals surface area (Å²) in [6.45, 7) is 1.74. The number of hydrogen-bond donors (Lipinski definition) is 0. The number of amides is 1. The van der Waals surface area contributed by atoms with Gasteiger partial charge >= 0.3 is 0 Å². The molecule has 1 heterocycles. The van der Waals surface area contributed by atoms with E-state index in [1.165, 1.54) is 4.90 Å². The molecule has 1 amide bonds. The second-order valence-corrected chi connectivity index (χ2v) is 2.32. The molecule has 9 heavy (non-hydrogen) atoms. The first-order chi connectivity index (χ1) is 4.13. The van der Waals surface area contributed by atoms with Gasteiger partial charge in [0.15, 0.2) is 5.78 Å². The lowest BCUT2D eigenvalue weighted by molar-refractivity contribution is -0.127. The SMILES string of the molecule is C[C@H]1C(=O)CC(=O)N1C. The fraction of sp³-hybridized carbons (Fsp3) is 0.667. The highest BCUT2D eigenvalue weighted by Gasteiger charge is 2.31. The van der Waals surface area contributed by atoms with E-state index in [-0.39, 0.29) is 24.2 Å². The van der Waals surface area contributed by atoms with Gasteiger partial charge < -0.3 is 4.90 Å². The normalized spacial score (nSPS) is 27.8. The van der Waals surface area contributed by atoms with Gasteiger partial charge in [-0.25, -0.2) is 0 Å². The van der Waals surface area contributed by atoms with Crippen molar-refractivity contribution in [1.82, 2.24) is 4.90 Å². The highest BCUT2D eigenvalue weighted by molar-refractivity contribution is 6.07. The number of hydrogen-bond acceptors (Lipinski definition) is 2. The smallest absolute Gasteiger partial charge is 0.230 e. The van der Waals surface area contributed by atoms with Gasteiger partial charge in [-0.2, -0.15) is 0 Å². The molecule has 0 aromatic heterocycles. The van der Waals surface area contributed by atoms with Crippen LogP contribution < -0.4 is 0 Å². The van der Waals surface area contributed by atoms with E-state index < -0.39 is 0 Å². The Morgan fingerprint density at radius 1 is 1.56 bits per heavy atom. The quantitative estimate of drug-likeness (QED) is 0.423. The Hall–Kier alpha value is -0.860. The molecule has 3 nitrogen and oxygen atoms in total. The summed E-state index contributed by atoms with van der Waals surface area (Å²) in [4.78, 5) is 22.9. The molecule has 1 rings (SSSR count). The summed E-state index contributed by atoms with van der Waals surface area (Å²) in [5, 5.41) is 0. The van der Waals surface area contributed by atoms with E-state index in [1.54, 1.807) is 14.0 Å². The van der Waals surface area contributed by atoms with Gasteiger partial charge in [0.05, 0.1) is 12.5 Å². The van der Waals surface area contributed by atoms with E-state index in [1.807, 2.05) is 0 Å². The first-order valence-corrected chi connectivity index (χ1v) is 2.91. The van der Waals surface area contributed by atoms with Crippen LogP contribution in [-0.4, -0.2) is 29.7 Å². The molecular formula is C6H9NO2. The topological polar surface area (TPSA) is 37.4 Å². The van der Waals surface area contributed by atoms with Crippen molar-refractivity contribution in [3.63, 3.8) is 0 Å². The second-order valence-electron chi connectivity index (χ2n) is 2.32. The van der Waals surface area contributed by atoms with E-state index in [0.717, 1.165) is 0 Å². The number of Topliss-reactive ketones (excluding diaryl/α,β-unsaturated/α-hetero) is 1. The van der Waals surface area contributed by atoms with Crippen LogP contribution in [0.1, 0.15) is 13.3 Å². The molecule has 0 spiro atoms. The average molecular weight is 127 g/mol. The van der Waals surface area contributed by atoms with Crippen LogP contribution in [0.25, 0.3) is 0 Å². The molecule has 1 fully saturated rings. The first kappa shape index (κ1) is 6.26. The van der Waals surface area contributed by atoms with Crippen LogP contribution in [0.15, 0.2) is 0 Å². The van der Waals surface area contributed by atoms with E-state index in [2.05, 4.69) is 0 Å². The fourth-order valence-corrected chi connectivity index (χ4v) is 0.853. The van der Waals surface area contributed by atoms with Gasteiger partial charge in [-0.05, 0) is 6.92 Å². The van der Waals surface area contributed by atoms with Gasteiger partial charge in [0.1, 0.15) is 0 Å². The minimum atomic E-state index is -0.197. The van der Waals surface area contributed by atoms with Crippen molar-refractivity contribution >= 4 is 11.7 Å². The summed E-state index contributed by atoms with van der Waals surface area (Å²) in [6.07, 6.45) is 0.0949. The van der Waals surface area contributed by atoms with Crippen LogP contribution in [0.4, 0.5) is 0 Å². The maximum atomic E-state index is 10.7. The summed E-state index contributed by atoms with van der Waals surface area (Å²) in [5.41, 5.74) is 0. The molecule has 1 aliphatic rings. The van der Waals surface area contributed by atoms with Crippen molar-refractivity contribution in [3.05, 3.63) is 0 Å². The first-order valence-electron chi connectivity index (χ1n) is 2.91. The number of nitrogens with zero attached hydrogens (tertiary/aromatic N) is 1. The molecular weight excluding hydrogens is 118 g/mol. The second kappa shape index (κ2) is 1.83. The Labute approximate surface area is 53.6 Å². The Bertz CT molecular complexity index is 146. The van der Waals surface area contributed by atoms with Crippen molar-refractivity contribution in [1.29, 1.82) is 0 Å². The lowest BCUT2D eigenvalue weighted by Gasteiger charge is -2.11. The molecule has 1 aliphatic heterocycles. The summed E-state index contributed by atoms with van der Waals surface area (Å²) in [7, 11) is 1.65. The molecule has 0 unspecified atom stereocenters. The van der Waals surface area contributed by atoms with E-state index >= 15 is 0 Å². The standard InChI is InChI=1S/C6H9NO2/c1-4-5(8)3-6(9)7(4)2/h4H,3H2,1-2H3/t4-/m0/s1. The lowest BCUT2D eigenvalue weighted by atomic mass is 10.2. The minimum absolute atomic E-state index is 0.0301. The van der Waals surface area contributed by atoms with Gasteiger partial charge in [-0.15, -0.1) is 0 Å². The van der Waals surface area contributed by atoms with Crippen LogP contribution in [0.5, 0.6) is 0 Å². The van der Waals surface area contributed by atoms with Gasteiger partial charge in [-0.1, -0.05) is 0 Å². The predicted octanol–water partition coefficient (Wildman–Crippen LogP) is -0.194. The summed E-state index contributed by atoms with van der Waals surface area (Å²) in [5.74, 6) is -0.0324. The van der Waals surface area contributed by atoms with Crippen molar-refractivity contribution in [2.24, 2.45) is 0 Å². The van der Waals surface area contributed by atoms with Gasteiger partial charge in [-0.3, -0.25) is 9.59 Å². The maximum absolute atomic E-state index is 10.7. The van der Waals surface area contributed by atoms with Crippen LogP contribution in [-0.2, 0) is 9.59 Å². The van der Waals surface area contributed by atoms with Crippen LogP contribution in [0.2, 0.25) is 0 Å². The van der Waals surface area contributed by atoms with Gasteiger partial charge in [0, 0.05) is 7.05 Å². The van der Waals surface area contributed by atoms with Crippen molar-refractivity contribution in [2.45, 2.75) is 19.4 Å². The minimum Gasteiger partial charge on any atom is -0.336 e. The fourth-order valence-electron chi connectivity index (χ4n) is 0.853. The maximum Gasteiger partial charge on any atom is 0.230 e. The number of likely N-dealkylation sites (N-methyl/N-ethyl adjacent to an activating group) is 1. The number of likely N-dealkylation sites (tertiary alicyclic amines) is 1. The molecule has 0 aromatic rings. The van der Waals surface area contributed by atoms with E-state index in [9.17, 15) is 9.59 Å². The van der Waals surface area contributed by atoms with Gasteiger partial charge in [0.25, 0.3) is 0 Å². The molecule has 1 atom stereocenters. The summed E-state index contributed by atoms with van der Waals surface area (Å²) >= 11 is 0. The number of rotatable bonds is 0. The monoisotopic (exact) mass is 127 g/mol. The Kier molecular flexibility index (Phi) is 1.27. The zero-order chi connectivity index (χ0) is 7.02. The van der Waals surface area contributed by atoms with Gasteiger partial charge in [0.2, 0.25) is 5.91 Å². The van der Waals surface area contributed by atoms with Crippen molar-refractivity contribution < 1.29 is 9.59 Å². The molecule has 0 saturated carbocycles. The summed E-state index contributed by atoms with van der Waals surface area (Å²) in [6, 6.07) is -0.197. The predicted molar refractivity (Wildman–Crippen MR) is 31.9 cm³/mol. The Morgan fingerprint density at radius 3 is 2.22 bits per heavy atom. The molecule has 0 aliphatic carbocycles. The van der Waals surface area contributed by atoms with Crippen molar-refractivity contribution in [3.8, 4) is 0 Å².